The van der Waals surface area contributed by atoms with Gasteiger partial charge in [0.15, 0.2) is 0 Å². The van der Waals surface area contributed by atoms with Crippen molar-refractivity contribution in [1.82, 2.24) is 5.32 Å². The second kappa shape index (κ2) is 6.50. The zero-order valence-electron chi connectivity index (χ0n) is 10.6. The molecule has 0 fully saturated rings. The number of hydrogen-bond donors (Lipinski definition) is 1. The van der Waals surface area contributed by atoms with Gasteiger partial charge >= 0.3 is 0 Å². The molecule has 0 bridgehead atoms. The first kappa shape index (κ1) is 13.8. The average Bonchev–Trinajstić information content (AvgIpc) is 2.29. The van der Waals surface area contributed by atoms with Gasteiger partial charge < -0.3 is 5.32 Å². The molecular weight excluding hydrogens is 220 g/mol. The van der Waals surface area contributed by atoms with Gasteiger partial charge in [-0.15, -0.1) is 0 Å². The van der Waals surface area contributed by atoms with Crippen molar-refractivity contribution in [3.05, 3.63) is 47.0 Å². The molecular formula is C14H19F2N. The van der Waals surface area contributed by atoms with E-state index in [0.29, 0.717) is 11.1 Å². The molecule has 0 saturated carbocycles. The van der Waals surface area contributed by atoms with Gasteiger partial charge in [0, 0.05) is 11.6 Å². The van der Waals surface area contributed by atoms with Crippen LogP contribution in [-0.2, 0) is 0 Å². The highest BCUT2D eigenvalue weighted by Crippen LogP contribution is 2.20. The van der Waals surface area contributed by atoms with Crippen molar-refractivity contribution in [2.24, 2.45) is 0 Å². The molecule has 0 aromatic heterocycles. The van der Waals surface area contributed by atoms with Gasteiger partial charge in [0.25, 0.3) is 0 Å². The molecule has 94 valence electrons. The van der Waals surface area contributed by atoms with Crippen LogP contribution in [0.15, 0.2) is 24.3 Å². The van der Waals surface area contributed by atoms with E-state index in [1.165, 1.54) is 12.1 Å². The predicted octanol–water partition coefficient (Wildman–Crippen LogP) is 3.89. The quantitative estimate of drug-likeness (QED) is 0.607. The van der Waals surface area contributed by atoms with Crippen molar-refractivity contribution in [2.45, 2.75) is 33.2 Å². The third-order valence-electron chi connectivity index (χ3n) is 2.74. The van der Waals surface area contributed by atoms with Crippen molar-refractivity contribution in [2.75, 3.05) is 6.54 Å². The van der Waals surface area contributed by atoms with E-state index in [4.69, 9.17) is 0 Å². The highest BCUT2D eigenvalue weighted by Gasteiger charge is 2.12. The number of hydrogen-bond acceptors (Lipinski definition) is 1. The number of aryl methyl sites for hydroxylation is 1. The normalized spacial score (nSPS) is 13.2. The van der Waals surface area contributed by atoms with Crippen LogP contribution in [0.5, 0.6) is 0 Å². The molecule has 1 unspecified atom stereocenters. The standard InChI is InChI=1S/C14H19F2N/c1-4-5-6-7-17-11(3)12-9-13(15)10(2)8-14(12)16/h4-5,8-9,11,17H,6-7H2,1-3H3/b5-4+. The molecule has 0 radical (unpaired) electrons. The Labute approximate surface area is 102 Å². The Balaban J connectivity index is 2.68. The molecule has 1 aromatic carbocycles. The van der Waals surface area contributed by atoms with Crippen LogP contribution in [0.4, 0.5) is 8.78 Å². The Hall–Kier alpha value is -1.22. The topological polar surface area (TPSA) is 12.0 Å². The molecule has 1 nitrogen and oxygen atoms in total. The minimum atomic E-state index is -0.358. The molecule has 1 aromatic rings. The lowest BCUT2D eigenvalue weighted by Gasteiger charge is -2.15. The summed E-state index contributed by atoms with van der Waals surface area (Å²) < 4.78 is 27.0. The van der Waals surface area contributed by atoms with E-state index in [2.05, 4.69) is 5.32 Å². The first-order chi connectivity index (χ1) is 8.06. The van der Waals surface area contributed by atoms with E-state index in [0.717, 1.165) is 13.0 Å². The molecule has 0 aliphatic rings. The smallest absolute Gasteiger partial charge is 0.128 e. The maximum atomic E-state index is 13.6. The summed E-state index contributed by atoms with van der Waals surface area (Å²) in [5.41, 5.74) is 0.723. The molecule has 1 atom stereocenters. The fourth-order valence-corrected chi connectivity index (χ4v) is 1.65. The van der Waals surface area contributed by atoms with E-state index < -0.39 is 0 Å². The Morgan fingerprint density at radius 1 is 1.29 bits per heavy atom. The molecule has 17 heavy (non-hydrogen) atoms. The maximum Gasteiger partial charge on any atom is 0.128 e. The first-order valence-corrected chi connectivity index (χ1v) is 5.86. The zero-order valence-corrected chi connectivity index (χ0v) is 10.6. The highest BCUT2D eigenvalue weighted by molar-refractivity contribution is 5.27. The van der Waals surface area contributed by atoms with E-state index in [1.54, 1.807) is 6.92 Å². The van der Waals surface area contributed by atoms with Crippen molar-refractivity contribution >= 4 is 0 Å². The number of rotatable bonds is 5. The van der Waals surface area contributed by atoms with Crippen LogP contribution in [0.25, 0.3) is 0 Å². The Bertz CT molecular complexity index is 399. The van der Waals surface area contributed by atoms with Crippen LogP contribution in [0.3, 0.4) is 0 Å². The van der Waals surface area contributed by atoms with Gasteiger partial charge in [-0.1, -0.05) is 12.2 Å². The van der Waals surface area contributed by atoms with Crippen molar-refractivity contribution in [3.63, 3.8) is 0 Å². The van der Waals surface area contributed by atoms with Gasteiger partial charge in [-0.2, -0.15) is 0 Å². The van der Waals surface area contributed by atoms with Gasteiger partial charge in [0.1, 0.15) is 11.6 Å². The third-order valence-corrected chi connectivity index (χ3v) is 2.74. The molecule has 1 N–H and O–H groups in total. The van der Waals surface area contributed by atoms with E-state index in [9.17, 15) is 8.78 Å². The van der Waals surface area contributed by atoms with Crippen molar-refractivity contribution in [3.8, 4) is 0 Å². The summed E-state index contributed by atoms with van der Waals surface area (Å²) in [6, 6.07) is 2.34. The van der Waals surface area contributed by atoms with Crippen LogP contribution >= 0.6 is 0 Å². The molecule has 1 rings (SSSR count). The number of halogens is 2. The SMILES string of the molecule is C/C=C/CCNC(C)c1cc(F)c(C)cc1F. The summed E-state index contributed by atoms with van der Waals surface area (Å²) in [5, 5.41) is 3.16. The van der Waals surface area contributed by atoms with Crippen LogP contribution in [0.2, 0.25) is 0 Å². The lowest BCUT2D eigenvalue weighted by atomic mass is 10.0. The van der Waals surface area contributed by atoms with Crippen LogP contribution in [0.1, 0.15) is 37.4 Å². The van der Waals surface area contributed by atoms with Gasteiger partial charge in [0.05, 0.1) is 0 Å². The van der Waals surface area contributed by atoms with Crippen LogP contribution in [-0.4, -0.2) is 6.54 Å². The molecule has 3 heteroatoms. The summed E-state index contributed by atoms with van der Waals surface area (Å²) in [6.07, 6.45) is 4.89. The summed E-state index contributed by atoms with van der Waals surface area (Å²) in [7, 11) is 0. The molecule has 0 spiro atoms. The Morgan fingerprint density at radius 3 is 2.65 bits per heavy atom. The Morgan fingerprint density at radius 2 is 2.00 bits per heavy atom. The summed E-state index contributed by atoms with van der Waals surface area (Å²) in [5.74, 6) is -0.710. The van der Waals surface area contributed by atoms with Crippen LogP contribution in [0, 0.1) is 18.6 Å². The van der Waals surface area contributed by atoms with E-state index >= 15 is 0 Å². The van der Waals surface area contributed by atoms with Crippen molar-refractivity contribution in [1.29, 1.82) is 0 Å². The first-order valence-electron chi connectivity index (χ1n) is 5.86. The minimum absolute atomic E-state index is 0.185. The van der Waals surface area contributed by atoms with Gasteiger partial charge in [-0.3, -0.25) is 0 Å². The largest absolute Gasteiger partial charge is 0.310 e. The molecule has 0 amide bonds. The third kappa shape index (κ3) is 3.93. The van der Waals surface area contributed by atoms with Gasteiger partial charge in [-0.25, -0.2) is 8.78 Å². The fourth-order valence-electron chi connectivity index (χ4n) is 1.65. The van der Waals surface area contributed by atoms with E-state index in [-0.39, 0.29) is 17.7 Å². The van der Waals surface area contributed by atoms with E-state index in [1.807, 2.05) is 26.0 Å². The fraction of sp³-hybridized carbons (Fsp3) is 0.429. The summed E-state index contributed by atoms with van der Waals surface area (Å²) in [6.45, 7) is 6.11. The Kier molecular flexibility index (Phi) is 5.29. The predicted molar refractivity (Wildman–Crippen MR) is 66.9 cm³/mol. The lowest BCUT2D eigenvalue weighted by molar-refractivity contribution is 0.520. The highest BCUT2D eigenvalue weighted by atomic mass is 19.1. The summed E-state index contributed by atoms with van der Waals surface area (Å²) in [4.78, 5) is 0. The molecule has 0 aliphatic heterocycles. The number of benzene rings is 1. The monoisotopic (exact) mass is 239 g/mol. The van der Waals surface area contributed by atoms with Gasteiger partial charge in [-0.05, 0) is 51.4 Å². The average molecular weight is 239 g/mol. The van der Waals surface area contributed by atoms with Crippen molar-refractivity contribution < 1.29 is 8.78 Å². The minimum Gasteiger partial charge on any atom is -0.310 e. The second-order valence-electron chi connectivity index (χ2n) is 4.16. The molecule has 0 aliphatic carbocycles. The molecule has 0 saturated heterocycles. The maximum absolute atomic E-state index is 13.6. The number of allylic oxidation sites excluding steroid dienone is 1. The van der Waals surface area contributed by atoms with Crippen LogP contribution < -0.4 is 5.32 Å². The second-order valence-corrected chi connectivity index (χ2v) is 4.16. The lowest BCUT2D eigenvalue weighted by Crippen LogP contribution is -2.20. The summed E-state index contributed by atoms with van der Waals surface area (Å²) >= 11 is 0. The molecule has 0 heterocycles. The zero-order chi connectivity index (χ0) is 12.8. The van der Waals surface area contributed by atoms with Gasteiger partial charge in [0.2, 0.25) is 0 Å². The number of nitrogens with one attached hydrogen (secondary N) is 1.